The van der Waals surface area contributed by atoms with Crippen molar-refractivity contribution in [2.24, 2.45) is 5.92 Å². The molecule has 1 atom stereocenters. The summed E-state index contributed by atoms with van der Waals surface area (Å²) in [6.45, 7) is 7.23. The predicted octanol–water partition coefficient (Wildman–Crippen LogP) is 6.12. The highest BCUT2D eigenvalue weighted by Crippen LogP contribution is 2.37. The van der Waals surface area contributed by atoms with Gasteiger partial charge < -0.3 is 14.4 Å². The van der Waals surface area contributed by atoms with Gasteiger partial charge in [0, 0.05) is 19.0 Å². The maximum absolute atomic E-state index is 12.2. The Morgan fingerprint density at radius 3 is 2.39 bits per heavy atom. The molecule has 1 aliphatic heterocycles. The lowest BCUT2D eigenvalue weighted by Crippen LogP contribution is -2.53. The molecular formula is C22H25Cl2NO3. The van der Waals surface area contributed by atoms with Gasteiger partial charge >= 0.3 is 6.09 Å². The molecule has 4 nitrogen and oxygen atoms in total. The first-order valence-corrected chi connectivity index (χ1v) is 10.1. The van der Waals surface area contributed by atoms with E-state index in [9.17, 15) is 4.79 Å². The van der Waals surface area contributed by atoms with Gasteiger partial charge in [0.15, 0.2) is 0 Å². The summed E-state index contributed by atoms with van der Waals surface area (Å²) in [6, 6.07) is 15.6. The Balaban J connectivity index is 1.70. The van der Waals surface area contributed by atoms with Gasteiger partial charge in [-0.3, -0.25) is 0 Å². The summed E-state index contributed by atoms with van der Waals surface area (Å²) >= 11 is 12.3. The van der Waals surface area contributed by atoms with Crippen molar-refractivity contribution >= 4 is 29.3 Å². The molecular weight excluding hydrogens is 397 g/mol. The Morgan fingerprint density at radius 2 is 1.79 bits per heavy atom. The van der Waals surface area contributed by atoms with E-state index < -0.39 is 5.60 Å². The van der Waals surface area contributed by atoms with Gasteiger partial charge in [0.2, 0.25) is 0 Å². The lowest BCUT2D eigenvalue weighted by Gasteiger charge is -2.43. The third kappa shape index (κ3) is 5.40. The highest BCUT2D eigenvalue weighted by molar-refractivity contribution is 6.42. The molecule has 0 aromatic heterocycles. The van der Waals surface area contributed by atoms with Crippen LogP contribution in [-0.2, 0) is 16.1 Å². The highest BCUT2D eigenvalue weighted by Gasteiger charge is 2.39. The SMILES string of the molecule is CC(C)(C)OC(=O)N1CC(C(OCc2ccccc2)c2ccc(Cl)c(Cl)c2)C1. The van der Waals surface area contributed by atoms with E-state index in [0.29, 0.717) is 29.7 Å². The normalized spacial score (nSPS) is 15.8. The molecule has 2 aromatic rings. The summed E-state index contributed by atoms with van der Waals surface area (Å²) in [5, 5.41) is 1.01. The third-order valence-electron chi connectivity index (χ3n) is 4.53. The fraction of sp³-hybridized carbons (Fsp3) is 0.409. The van der Waals surface area contributed by atoms with Gasteiger partial charge in [0.1, 0.15) is 5.60 Å². The number of nitrogens with zero attached hydrogens (tertiary/aromatic N) is 1. The fourth-order valence-electron chi connectivity index (χ4n) is 3.13. The summed E-state index contributed by atoms with van der Waals surface area (Å²) in [7, 11) is 0. The van der Waals surface area contributed by atoms with Gasteiger partial charge in [0.05, 0.1) is 22.8 Å². The molecule has 1 aliphatic rings. The van der Waals surface area contributed by atoms with Crippen LogP contribution in [0.3, 0.4) is 0 Å². The number of halogens is 2. The molecule has 1 amide bonds. The Morgan fingerprint density at radius 1 is 1.11 bits per heavy atom. The van der Waals surface area contributed by atoms with E-state index in [1.165, 1.54) is 0 Å². The Labute approximate surface area is 176 Å². The smallest absolute Gasteiger partial charge is 0.410 e. The zero-order valence-electron chi connectivity index (χ0n) is 16.3. The van der Waals surface area contributed by atoms with Crippen molar-refractivity contribution in [3.63, 3.8) is 0 Å². The molecule has 0 N–H and O–H groups in total. The number of carbonyl (C=O) groups excluding carboxylic acids is 1. The van der Waals surface area contributed by atoms with Crippen LogP contribution in [0.1, 0.15) is 38.0 Å². The molecule has 0 bridgehead atoms. The van der Waals surface area contributed by atoms with Gasteiger partial charge in [0.25, 0.3) is 0 Å². The van der Waals surface area contributed by atoms with Crippen LogP contribution in [0.15, 0.2) is 48.5 Å². The zero-order chi connectivity index (χ0) is 20.3. The van der Waals surface area contributed by atoms with Gasteiger partial charge in [-0.25, -0.2) is 4.79 Å². The molecule has 0 saturated carbocycles. The first-order chi connectivity index (χ1) is 13.2. The van der Waals surface area contributed by atoms with Gasteiger partial charge in [-0.2, -0.15) is 0 Å². The second-order valence-electron chi connectivity index (χ2n) is 8.04. The first kappa shape index (κ1) is 21.0. The van der Waals surface area contributed by atoms with Crippen LogP contribution in [-0.4, -0.2) is 29.7 Å². The van der Waals surface area contributed by atoms with Crippen molar-refractivity contribution in [3.05, 3.63) is 69.7 Å². The first-order valence-electron chi connectivity index (χ1n) is 9.31. The van der Waals surface area contributed by atoms with E-state index in [1.54, 1.807) is 11.0 Å². The lowest BCUT2D eigenvalue weighted by molar-refractivity contribution is -0.0652. The molecule has 28 heavy (non-hydrogen) atoms. The highest BCUT2D eigenvalue weighted by atomic mass is 35.5. The van der Waals surface area contributed by atoms with E-state index in [0.717, 1.165) is 11.1 Å². The number of hydrogen-bond acceptors (Lipinski definition) is 3. The predicted molar refractivity (Wildman–Crippen MR) is 112 cm³/mol. The topological polar surface area (TPSA) is 38.8 Å². The molecule has 0 spiro atoms. The Kier molecular flexibility index (Phi) is 6.54. The van der Waals surface area contributed by atoms with Gasteiger partial charge in [-0.15, -0.1) is 0 Å². The average Bonchev–Trinajstić information content (AvgIpc) is 2.58. The van der Waals surface area contributed by atoms with Crippen molar-refractivity contribution in [2.75, 3.05) is 13.1 Å². The quantitative estimate of drug-likeness (QED) is 0.583. The molecule has 150 valence electrons. The number of likely N-dealkylation sites (tertiary alicyclic amines) is 1. The summed E-state index contributed by atoms with van der Waals surface area (Å²) < 4.78 is 11.7. The fourth-order valence-corrected chi connectivity index (χ4v) is 3.44. The third-order valence-corrected chi connectivity index (χ3v) is 5.27. The molecule has 1 fully saturated rings. The molecule has 0 aliphatic carbocycles. The molecule has 2 aromatic carbocycles. The number of ether oxygens (including phenoxy) is 2. The van der Waals surface area contributed by atoms with Gasteiger partial charge in [-0.1, -0.05) is 59.6 Å². The standard InChI is InChI=1S/C22H25Cl2NO3/c1-22(2,3)28-21(26)25-12-17(13-25)20(16-9-10-18(23)19(24)11-16)27-14-15-7-5-4-6-8-15/h4-11,17,20H,12-14H2,1-3H3. The minimum Gasteiger partial charge on any atom is -0.444 e. The monoisotopic (exact) mass is 421 g/mol. The van der Waals surface area contributed by atoms with E-state index in [2.05, 4.69) is 0 Å². The second-order valence-corrected chi connectivity index (χ2v) is 8.85. The minimum atomic E-state index is -0.505. The van der Waals surface area contributed by atoms with Crippen LogP contribution in [0.5, 0.6) is 0 Å². The lowest BCUT2D eigenvalue weighted by atomic mass is 9.89. The summed E-state index contributed by atoms with van der Waals surface area (Å²) in [5.74, 6) is 0.161. The van der Waals surface area contributed by atoms with Crippen LogP contribution in [0, 0.1) is 5.92 Å². The van der Waals surface area contributed by atoms with Crippen LogP contribution in [0.2, 0.25) is 10.0 Å². The molecule has 1 heterocycles. The van der Waals surface area contributed by atoms with Crippen molar-refractivity contribution < 1.29 is 14.3 Å². The molecule has 6 heteroatoms. The average molecular weight is 422 g/mol. The summed E-state index contributed by atoms with van der Waals surface area (Å²) in [5.41, 5.74) is 1.55. The minimum absolute atomic E-state index is 0.161. The number of amides is 1. The molecule has 1 saturated heterocycles. The van der Waals surface area contributed by atoms with E-state index >= 15 is 0 Å². The Bertz CT molecular complexity index is 814. The molecule has 3 rings (SSSR count). The van der Waals surface area contributed by atoms with E-state index in [4.69, 9.17) is 32.7 Å². The number of rotatable bonds is 5. The summed E-state index contributed by atoms with van der Waals surface area (Å²) in [4.78, 5) is 13.9. The summed E-state index contributed by atoms with van der Waals surface area (Å²) in [6.07, 6.45) is -0.478. The second kappa shape index (κ2) is 8.73. The maximum Gasteiger partial charge on any atom is 0.410 e. The van der Waals surface area contributed by atoms with Crippen LogP contribution >= 0.6 is 23.2 Å². The van der Waals surface area contributed by atoms with Crippen molar-refractivity contribution in [1.82, 2.24) is 4.90 Å². The van der Waals surface area contributed by atoms with Crippen LogP contribution in [0.4, 0.5) is 4.79 Å². The molecule has 0 radical (unpaired) electrons. The maximum atomic E-state index is 12.2. The van der Waals surface area contributed by atoms with E-state index in [-0.39, 0.29) is 18.1 Å². The van der Waals surface area contributed by atoms with Crippen molar-refractivity contribution in [1.29, 1.82) is 0 Å². The number of hydrogen-bond donors (Lipinski definition) is 0. The van der Waals surface area contributed by atoms with Gasteiger partial charge in [-0.05, 0) is 44.0 Å². The van der Waals surface area contributed by atoms with Crippen LogP contribution < -0.4 is 0 Å². The Hall–Kier alpha value is -1.75. The zero-order valence-corrected chi connectivity index (χ0v) is 17.8. The number of carbonyl (C=O) groups is 1. The molecule has 1 unspecified atom stereocenters. The largest absolute Gasteiger partial charge is 0.444 e. The van der Waals surface area contributed by atoms with E-state index in [1.807, 2.05) is 63.2 Å². The number of benzene rings is 2. The van der Waals surface area contributed by atoms with Crippen molar-refractivity contribution in [3.8, 4) is 0 Å². The van der Waals surface area contributed by atoms with Crippen molar-refractivity contribution in [2.45, 2.75) is 39.1 Å². The van der Waals surface area contributed by atoms with Crippen LogP contribution in [0.25, 0.3) is 0 Å².